The predicted molar refractivity (Wildman–Crippen MR) is 242 cm³/mol. The van der Waals surface area contributed by atoms with E-state index in [0.29, 0.717) is 19.3 Å². The van der Waals surface area contributed by atoms with Gasteiger partial charge in [0.05, 0.1) is 0 Å². The molecule has 0 aliphatic carbocycles. The highest BCUT2D eigenvalue weighted by molar-refractivity contribution is 5.71. The molecule has 1 atom stereocenters. The fourth-order valence-corrected chi connectivity index (χ4v) is 5.68. The number of carbonyl (C=O) groups excluding carboxylic acids is 3. The Labute approximate surface area is 349 Å². The molecule has 0 fully saturated rings. The maximum absolute atomic E-state index is 12.7. The van der Waals surface area contributed by atoms with Crippen molar-refractivity contribution in [3.05, 3.63) is 97.2 Å². The molecule has 0 N–H and O–H groups in total. The topological polar surface area (TPSA) is 78.9 Å². The van der Waals surface area contributed by atoms with Gasteiger partial charge in [-0.2, -0.15) is 0 Å². The molecule has 6 nitrogen and oxygen atoms in total. The van der Waals surface area contributed by atoms with Crippen LogP contribution in [0.15, 0.2) is 97.2 Å². The van der Waals surface area contributed by atoms with E-state index in [1.165, 1.54) is 25.7 Å². The van der Waals surface area contributed by atoms with Gasteiger partial charge in [0.15, 0.2) is 6.10 Å². The largest absolute Gasteiger partial charge is 0.462 e. The van der Waals surface area contributed by atoms with Gasteiger partial charge in [-0.3, -0.25) is 14.4 Å². The van der Waals surface area contributed by atoms with E-state index in [-0.39, 0.29) is 37.5 Å². The summed E-state index contributed by atoms with van der Waals surface area (Å²) in [4.78, 5) is 37.7. The monoisotopic (exact) mass is 791 g/mol. The van der Waals surface area contributed by atoms with Crippen molar-refractivity contribution in [2.45, 2.75) is 194 Å². The zero-order valence-electron chi connectivity index (χ0n) is 36.6. The smallest absolute Gasteiger partial charge is 0.306 e. The highest BCUT2D eigenvalue weighted by Gasteiger charge is 2.19. The van der Waals surface area contributed by atoms with Crippen LogP contribution >= 0.6 is 0 Å². The second-order valence-electron chi connectivity index (χ2n) is 14.5. The van der Waals surface area contributed by atoms with Crippen LogP contribution in [-0.2, 0) is 28.6 Å². The van der Waals surface area contributed by atoms with Gasteiger partial charge >= 0.3 is 17.9 Å². The first kappa shape index (κ1) is 53.3. The van der Waals surface area contributed by atoms with Crippen LogP contribution < -0.4 is 0 Å². The highest BCUT2D eigenvalue weighted by Crippen LogP contribution is 2.11. The summed E-state index contributed by atoms with van der Waals surface area (Å²) < 4.78 is 16.6. The van der Waals surface area contributed by atoms with Crippen molar-refractivity contribution in [3.63, 3.8) is 0 Å². The lowest BCUT2D eigenvalue weighted by atomic mass is 10.1. The third-order valence-corrected chi connectivity index (χ3v) is 9.05. The van der Waals surface area contributed by atoms with Gasteiger partial charge in [-0.15, -0.1) is 0 Å². The molecule has 0 radical (unpaired) electrons. The molecule has 0 aliphatic rings. The van der Waals surface area contributed by atoms with Crippen LogP contribution in [0.2, 0.25) is 0 Å². The molecule has 0 spiro atoms. The van der Waals surface area contributed by atoms with Gasteiger partial charge in [-0.1, -0.05) is 157 Å². The van der Waals surface area contributed by atoms with Crippen LogP contribution in [0.1, 0.15) is 188 Å². The molecular formula is C51H82O6. The Kier molecular flexibility index (Phi) is 42.1. The van der Waals surface area contributed by atoms with E-state index in [9.17, 15) is 14.4 Å². The van der Waals surface area contributed by atoms with E-state index in [1.54, 1.807) is 0 Å². The van der Waals surface area contributed by atoms with Gasteiger partial charge in [-0.05, 0) is 109 Å². The van der Waals surface area contributed by atoms with Crippen LogP contribution in [0.3, 0.4) is 0 Å². The van der Waals surface area contributed by atoms with E-state index in [2.05, 4.69) is 118 Å². The Morgan fingerprint density at radius 2 is 0.702 bits per heavy atom. The van der Waals surface area contributed by atoms with E-state index >= 15 is 0 Å². The molecular weight excluding hydrogens is 709 g/mol. The number of ether oxygens (including phenoxy) is 3. The lowest BCUT2D eigenvalue weighted by Crippen LogP contribution is -2.30. The number of allylic oxidation sites excluding steroid dienone is 16. The summed E-state index contributed by atoms with van der Waals surface area (Å²) in [5.41, 5.74) is 0. The SMILES string of the molecule is CC/C=C\C/C=C\C/C=C\C/C=C\CCCCCC(=O)OCC(COC(=O)CCC/C=C\CCCCCC)OC(=O)CCCCCC/C=C\C/C=C\C/C=C\CC. The first-order chi connectivity index (χ1) is 28.0. The number of hydrogen-bond donors (Lipinski definition) is 0. The summed E-state index contributed by atoms with van der Waals surface area (Å²) in [6.45, 7) is 6.27. The minimum Gasteiger partial charge on any atom is -0.462 e. The van der Waals surface area contributed by atoms with Crippen molar-refractivity contribution < 1.29 is 28.6 Å². The molecule has 0 saturated carbocycles. The molecule has 322 valence electrons. The van der Waals surface area contributed by atoms with E-state index in [1.807, 2.05) is 0 Å². The predicted octanol–water partition coefficient (Wildman–Crippen LogP) is 14.6. The summed E-state index contributed by atoms with van der Waals surface area (Å²) >= 11 is 0. The molecule has 0 aromatic rings. The first-order valence-corrected chi connectivity index (χ1v) is 22.7. The third kappa shape index (κ3) is 43.3. The Balaban J connectivity index is 4.50. The number of rotatable bonds is 39. The maximum atomic E-state index is 12.7. The quantitative estimate of drug-likeness (QED) is 0.0267. The van der Waals surface area contributed by atoms with Gasteiger partial charge in [0, 0.05) is 19.3 Å². The number of esters is 3. The van der Waals surface area contributed by atoms with Crippen molar-refractivity contribution >= 4 is 17.9 Å². The average molecular weight is 791 g/mol. The Morgan fingerprint density at radius 3 is 1.16 bits per heavy atom. The summed E-state index contributed by atoms with van der Waals surface area (Å²) in [5.74, 6) is -1.01. The van der Waals surface area contributed by atoms with Crippen LogP contribution in [0.5, 0.6) is 0 Å². The van der Waals surface area contributed by atoms with Crippen LogP contribution in [0.4, 0.5) is 0 Å². The van der Waals surface area contributed by atoms with Gasteiger partial charge < -0.3 is 14.2 Å². The zero-order chi connectivity index (χ0) is 41.5. The molecule has 1 unspecified atom stereocenters. The standard InChI is InChI=1S/C51H82O6/c1-4-7-10-13-16-19-21-23-25-26-28-29-32-35-38-41-44-50(53)56-47-48(46-55-49(52)43-40-37-34-31-18-15-12-9-6-3)57-51(54)45-42-39-36-33-30-27-24-22-20-17-14-11-8-5-2/h7-8,10-11,16-17,19-20,23-25,27-29,31,34,48H,4-6,9,12-15,18,21-22,26,30,32-33,35-47H2,1-3H3/b10-7-,11-8-,19-16-,20-17-,25-23-,27-24-,29-28-,34-31-. The summed E-state index contributed by atoms with van der Waals surface area (Å²) in [6, 6.07) is 0. The lowest BCUT2D eigenvalue weighted by Gasteiger charge is -2.18. The molecule has 57 heavy (non-hydrogen) atoms. The second-order valence-corrected chi connectivity index (χ2v) is 14.5. The minimum absolute atomic E-state index is 0.114. The molecule has 6 heteroatoms. The zero-order valence-corrected chi connectivity index (χ0v) is 36.6. The highest BCUT2D eigenvalue weighted by atomic mass is 16.6. The molecule has 0 rings (SSSR count). The van der Waals surface area contributed by atoms with Crippen molar-refractivity contribution in [3.8, 4) is 0 Å². The second kappa shape index (κ2) is 45.0. The van der Waals surface area contributed by atoms with Crippen molar-refractivity contribution in [1.29, 1.82) is 0 Å². The Bertz CT molecular complexity index is 1180. The molecule has 0 bridgehead atoms. The molecule has 0 aromatic heterocycles. The summed E-state index contributed by atoms with van der Waals surface area (Å²) in [5, 5.41) is 0. The van der Waals surface area contributed by atoms with Crippen molar-refractivity contribution in [1.82, 2.24) is 0 Å². The lowest BCUT2D eigenvalue weighted by molar-refractivity contribution is -0.167. The Morgan fingerprint density at radius 1 is 0.368 bits per heavy atom. The van der Waals surface area contributed by atoms with Crippen LogP contribution in [0, 0.1) is 0 Å². The number of unbranched alkanes of at least 4 members (excludes halogenated alkanes) is 12. The van der Waals surface area contributed by atoms with Crippen LogP contribution in [-0.4, -0.2) is 37.2 Å². The van der Waals surface area contributed by atoms with E-state index in [4.69, 9.17) is 14.2 Å². The molecule has 0 aliphatic heterocycles. The van der Waals surface area contributed by atoms with E-state index < -0.39 is 6.10 Å². The normalized spacial score (nSPS) is 13.0. The third-order valence-electron chi connectivity index (χ3n) is 9.05. The molecule has 0 saturated heterocycles. The van der Waals surface area contributed by atoms with Crippen LogP contribution in [0.25, 0.3) is 0 Å². The van der Waals surface area contributed by atoms with E-state index in [0.717, 1.165) is 116 Å². The van der Waals surface area contributed by atoms with Gasteiger partial charge in [0.1, 0.15) is 13.2 Å². The Hall–Kier alpha value is -3.67. The average Bonchev–Trinajstić information content (AvgIpc) is 3.21. The fourth-order valence-electron chi connectivity index (χ4n) is 5.68. The summed E-state index contributed by atoms with van der Waals surface area (Å²) in [6.07, 6.45) is 58.3. The molecule has 0 heterocycles. The summed E-state index contributed by atoms with van der Waals surface area (Å²) in [7, 11) is 0. The first-order valence-electron chi connectivity index (χ1n) is 22.7. The minimum atomic E-state index is -0.812. The van der Waals surface area contributed by atoms with Crippen molar-refractivity contribution in [2.75, 3.05) is 13.2 Å². The van der Waals surface area contributed by atoms with Gasteiger partial charge in [0.2, 0.25) is 0 Å². The molecule has 0 aromatic carbocycles. The van der Waals surface area contributed by atoms with Gasteiger partial charge in [-0.25, -0.2) is 0 Å². The fraction of sp³-hybridized carbons (Fsp3) is 0.627. The molecule has 0 amide bonds. The maximum Gasteiger partial charge on any atom is 0.306 e. The number of carbonyl (C=O) groups is 3. The van der Waals surface area contributed by atoms with Crippen molar-refractivity contribution in [2.24, 2.45) is 0 Å². The number of hydrogen-bond acceptors (Lipinski definition) is 6. The van der Waals surface area contributed by atoms with Gasteiger partial charge in [0.25, 0.3) is 0 Å².